The van der Waals surface area contributed by atoms with Crippen molar-refractivity contribution in [2.45, 2.75) is 19.4 Å². The maximum atomic E-state index is 10.2. The van der Waals surface area contributed by atoms with Crippen LogP contribution in [0.2, 0.25) is 0 Å². The van der Waals surface area contributed by atoms with Crippen LogP contribution in [0.15, 0.2) is 39.3 Å². The fourth-order valence-electron chi connectivity index (χ4n) is 1.63. The summed E-state index contributed by atoms with van der Waals surface area (Å²) >= 11 is 8.55. The van der Waals surface area contributed by atoms with E-state index in [2.05, 4.69) is 31.9 Å². The van der Waals surface area contributed by atoms with Crippen LogP contribution >= 0.6 is 43.2 Å². The fourth-order valence-corrected chi connectivity index (χ4v) is 3.63. The Bertz CT molecular complexity index is 502. The number of rotatable bonds is 3. The first-order valence-corrected chi connectivity index (χ1v) is 7.65. The van der Waals surface area contributed by atoms with Crippen LogP contribution in [0.1, 0.15) is 21.4 Å². The second kappa shape index (κ2) is 5.65. The van der Waals surface area contributed by atoms with E-state index in [1.54, 1.807) is 11.3 Å². The standard InChI is InChI=1S/C13H12Br2OS/c1-8-11(15)7-13(17-8)12(16)6-9-3-2-4-10(14)5-9/h2-5,7,12,16H,6H2,1H3. The molecule has 0 saturated heterocycles. The van der Waals surface area contributed by atoms with E-state index in [0.29, 0.717) is 6.42 Å². The highest BCUT2D eigenvalue weighted by Gasteiger charge is 2.13. The molecule has 0 radical (unpaired) electrons. The van der Waals surface area contributed by atoms with Crippen molar-refractivity contribution in [3.05, 3.63) is 54.6 Å². The third-order valence-corrected chi connectivity index (χ3v) is 5.25. The summed E-state index contributed by atoms with van der Waals surface area (Å²) in [5.41, 5.74) is 1.13. The summed E-state index contributed by atoms with van der Waals surface area (Å²) in [6, 6.07) is 10.0. The molecule has 0 spiro atoms. The predicted molar refractivity (Wildman–Crippen MR) is 79.6 cm³/mol. The van der Waals surface area contributed by atoms with E-state index in [-0.39, 0.29) is 0 Å². The summed E-state index contributed by atoms with van der Waals surface area (Å²) in [7, 11) is 0. The molecule has 0 amide bonds. The lowest BCUT2D eigenvalue weighted by Gasteiger charge is -2.08. The van der Waals surface area contributed by atoms with E-state index in [9.17, 15) is 5.11 Å². The first-order chi connectivity index (χ1) is 8.06. The summed E-state index contributed by atoms with van der Waals surface area (Å²) < 4.78 is 2.12. The highest BCUT2D eigenvalue weighted by atomic mass is 79.9. The van der Waals surface area contributed by atoms with E-state index in [1.807, 2.05) is 37.3 Å². The average molecular weight is 376 g/mol. The van der Waals surface area contributed by atoms with Crippen LogP contribution in [-0.4, -0.2) is 5.11 Å². The van der Waals surface area contributed by atoms with Gasteiger partial charge in [0.2, 0.25) is 0 Å². The van der Waals surface area contributed by atoms with E-state index in [0.717, 1.165) is 19.4 Å². The Hall–Kier alpha value is -0.160. The smallest absolute Gasteiger partial charge is 0.0922 e. The molecule has 0 aliphatic carbocycles. The van der Waals surface area contributed by atoms with Crippen LogP contribution in [0.5, 0.6) is 0 Å². The molecular weight excluding hydrogens is 364 g/mol. The molecule has 1 nitrogen and oxygen atoms in total. The molecule has 2 aromatic rings. The van der Waals surface area contributed by atoms with Gasteiger partial charge in [-0.25, -0.2) is 0 Å². The molecular formula is C13H12Br2OS. The molecule has 0 aliphatic heterocycles. The van der Waals surface area contributed by atoms with Gasteiger partial charge in [-0.15, -0.1) is 11.3 Å². The number of hydrogen-bond acceptors (Lipinski definition) is 2. The largest absolute Gasteiger partial charge is 0.387 e. The van der Waals surface area contributed by atoms with Crippen LogP contribution in [0, 0.1) is 6.92 Å². The minimum atomic E-state index is -0.431. The molecule has 4 heteroatoms. The van der Waals surface area contributed by atoms with Gasteiger partial charge in [0.25, 0.3) is 0 Å². The number of benzene rings is 1. The molecule has 0 fully saturated rings. The zero-order valence-corrected chi connectivity index (χ0v) is 13.3. The topological polar surface area (TPSA) is 20.2 Å². The van der Waals surface area contributed by atoms with Crippen molar-refractivity contribution in [3.63, 3.8) is 0 Å². The minimum absolute atomic E-state index is 0.431. The van der Waals surface area contributed by atoms with Crippen molar-refractivity contribution in [1.29, 1.82) is 0 Å². The van der Waals surface area contributed by atoms with Gasteiger partial charge in [0.15, 0.2) is 0 Å². The van der Waals surface area contributed by atoms with Crippen molar-refractivity contribution in [2.75, 3.05) is 0 Å². The monoisotopic (exact) mass is 374 g/mol. The van der Waals surface area contributed by atoms with Crippen molar-refractivity contribution >= 4 is 43.2 Å². The minimum Gasteiger partial charge on any atom is -0.387 e. The summed E-state index contributed by atoms with van der Waals surface area (Å²) in [6.07, 6.45) is 0.213. The molecule has 1 N–H and O–H groups in total. The lowest BCUT2D eigenvalue weighted by atomic mass is 10.1. The van der Waals surface area contributed by atoms with Crippen LogP contribution in [0.4, 0.5) is 0 Å². The Morgan fingerprint density at radius 1 is 1.29 bits per heavy atom. The van der Waals surface area contributed by atoms with Gasteiger partial charge in [0, 0.05) is 25.1 Å². The van der Waals surface area contributed by atoms with Gasteiger partial charge in [0.1, 0.15) is 0 Å². The van der Waals surface area contributed by atoms with Crippen molar-refractivity contribution in [3.8, 4) is 0 Å². The number of halogens is 2. The molecule has 2 rings (SSSR count). The molecule has 1 atom stereocenters. The first-order valence-electron chi connectivity index (χ1n) is 5.24. The molecule has 17 heavy (non-hydrogen) atoms. The molecule has 0 bridgehead atoms. The Labute approximate surface area is 122 Å². The molecule has 90 valence electrons. The first kappa shape index (κ1) is 13.3. The Morgan fingerprint density at radius 3 is 2.65 bits per heavy atom. The van der Waals surface area contributed by atoms with E-state index in [1.165, 1.54) is 4.88 Å². The fraction of sp³-hybridized carbons (Fsp3) is 0.231. The molecule has 1 aromatic carbocycles. The van der Waals surface area contributed by atoms with Crippen molar-refractivity contribution < 1.29 is 5.11 Å². The maximum absolute atomic E-state index is 10.2. The summed E-state index contributed by atoms with van der Waals surface area (Å²) in [4.78, 5) is 2.21. The van der Waals surface area contributed by atoms with Gasteiger partial charge in [-0.3, -0.25) is 0 Å². The Kier molecular flexibility index (Phi) is 4.42. The summed E-state index contributed by atoms with van der Waals surface area (Å²) in [5.74, 6) is 0. The van der Waals surface area contributed by atoms with Gasteiger partial charge in [-0.2, -0.15) is 0 Å². The highest BCUT2D eigenvalue weighted by Crippen LogP contribution is 2.32. The predicted octanol–water partition coefficient (Wildman–Crippen LogP) is 4.86. The Morgan fingerprint density at radius 2 is 2.06 bits per heavy atom. The zero-order valence-electron chi connectivity index (χ0n) is 9.28. The SMILES string of the molecule is Cc1sc(C(O)Cc2cccc(Br)c2)cc1Br. The number of aryl methyl sites for hydroxylation is 1. The molecule has 1 unspecified atom stereocenters. The van der Waals surface area contributed by atoms with Crippen LogP contribution in [-0.2, 0) is 6.42 Å². The molecule has 1 heterocycles. The third-order valence-electron chi connectivity index (χ3n) is 2.52. The zero-order chi connectivity index (χ0) is 12.4. The molecule has 0 saturated carbocycles. The number of aliphatic hydroxyl groups excluding tert-OH is 1. The average Bonchev–Trinajstić information content (AvgIpc) is 2.59. The highest BCUT2D eigenvalue weighted by molar-refractivity contribution is 9.10. The second-order valence-corrected chi connectivity index (χ2v) is 6.96. The van der Waals surface area contributed by atoms with Crippen LogP contribution in [0.3, 0.4) is 0 Å². The number of aliphatic hydroxyl groups is 1. The van der Waals surface area contributed by atoms with Crippen LogP contribution < -0.4 is 0 Å². The number of thiophene rings is 1. The molecule has 1 aromatic heterocycles. The summed E-state index contributed by atoms with van der Waals surface area (Å²) in [5, 5.41) is 10.2. The number of hydrogen-bond donors (Lipinski definition) is 1. The third kappa shape index (κ3) is 3.41. The quantitative estimate of drug-likeness (QED) is 0.812. The van der Waals surface area contributed by atoms with Gasteiger partial charge in [0.05, 0.1) is 6.10 Å². The van der Waals surface area contributed by atoms with Crippen molar-refractivity contribution in [1.82, 2.24) is 0 Å². The lowest BCUT2D eigenvalue weighted by molar-refractivity contribution is 0.182. The van der Waals surface area contributed by atoms with E-state index < -0.39 is 6.10 Å². The van der Waals surface area contributed by atoms with Gasteiger partial charge in [-0.05, 0) is 46.6 Å². The maximum Gasteiger partial charge on any atom is 0.0922 e. The normalized spacial score (nSPS) is 12.7. The molecule has 0 aliphatic rings. The van der Waals surface area contributed by atoms with Gasteiger partial charge < -0.3 is 5.11 Å². The Balaban J connectivity index is 2.14. The van der Waals surface area contributed by atoms with Crippen molar-refractivity contribution in [2.24, 2.45) is 0 Å². The van der Waals surface area contributed by atoms with Gasteiger partial charge >= 0.3 is 0 Å². The second-order valence-electron chi connectivity index (χ2n) is 3.90. The van der Waals surface area contributed by atoms with E-state index in [4.69, 9.17) is 0 Å². The van der Waals surface area contributed by atoms with Crippen LogP contribution in [0.25, 0.3) is 0 Å². The van der Waals surface area contributed by atoms with E-state index >= 15 is 0 Å². The van der Waals surface area contributed by atoms with Gasteiger partial charge in [-0.1, -0.05) is 28.1 Å². The lowest BCUT2D eigenvalue weighted by Crippen LogP contribution is -1.99. The summed E-state index contributed by atoms with van der Waals surface area (Å²) in [6.45, 7) is 2.05.